The lowest BCUT2D eigenvalue weighted by Gasteiger charge is -2.08. The third-order valence-corrected chi connectivity index (χ3v) is 6.65. The fourth-order valence-electron chi connectivity index (χ4n) is 3.73. The number of aromatic nitrogens is 5. The van der Waals surface area contributed by atoms with E-state index >= 15 is 0 Å². The normalized spacial score (nSPS) is 11.3. The quantitative estimate of drug-likeness (QED) is 0.214. The van der Waals surface area contributed by atoms with E-state index in [4.69, 9.17) is 4.74 Å². The molecule has 0 aliphatic carbocycles. The summed E-state index contributed by atoms with van der Waals surface area (Å²) in [6.07, 6.45) is 5.77. The Bertz CT molecular complexity index is 1530. The first-order valence-electron chi connectivity index (χ1n) is 11.7. The first-order chi connectivity index (χ1) is 17.5. The molecule has 3 aromatic heterocycles. The van der Waals surface area contributed by atoms with Crippen molar-refractivity contribution in [2.75, 3.05) is 17.7 Å². The van der Waals surface area contributed by atoms with E-state index in [1.54, 1.807) is 10.6 Å². The van der Waals surface area contributed by atoms with Crippen LogP contribution in [0.3, 0.4) is 0 Å². The number of nitrogens with zero attached hydrogens (tertiary/aromatic N) is 5. The molecule has 8 nitrogen and oxygen atoms in total. The van der Waals surface area contributed by atoms with Crippen LogP contribution in [0.25, 0.3) is 22.4 Å². The van der Waals surface area contributed by atoms with E-state index in [-0.39, 0.29) is 11.7 Å². The number of ether oxygens (including phenoxy) is 1. The van der Waals surface area contributed by atoms with Crippen LogP contribution >= 0.6 is 11.8 Å². The second-order valence-electron chi connectivity index (χ2n) is 8.36. The number of nitrogens with one attached hydrogen (secondary N) is 1. The van der Waals surface area contributed by atoms with Crippen molar-refractivity contribution in [1.82, 2.24) is 24.2 Å². The number of anilines is 1. The lowest BCUT2D eigenvalue weighted by Crippen LogP contribution is -2.15. The van der Waals surface area contributed by atoms with Crippen LogP contribution in [0.5, 0.6) is 5.75 Å². The molecule has 0 fully saturated rings. The van der Waals surface area contributed by atoms with E-state index in [9.17, 15) is 9.18 Å². The number of fused-ring (bicyclic) bond motifs is 3. The highest BCUT2D eigenvalue weighted by Gasteiger charge is 2.15. The Morgan fingerprint density at radius 1 is 1.11 bits per heavy atom. The van der Waals surface area contributed by atoms with Gasteiger partial charge in [0.15, 0.2) is 10.8 Å². The van der Waals surface area contributed by atoms with Crippen LogP contribution in [0.2, 0.25) is 0 Å². The predicted octanol–water partition coefficient (Wildman–Crippen LogP) is 5.40. The second kappa shape index (κ2) is 10.4. The van der Waals surface area contributed by atoms with Gasteiger partial charge in [-0.3, -0.25) is 9.20 Å². The number of amides is 1. The zero-order valence-electron chi connectivity index (χ0n) is 19.9. The first kappa shape index (κ1) is 23.8. The monoisotopic (exact) mass is 504 g/mol. The van der Waals surface area contributed by atoms with Gasteiger partial charge < -0.3 is 10.1 Å². The third kappa shape index (κ3) is 5.03. The molecular weight excluding hydrogens is 479 g/mol. The number of rotatable bonds is 9. The van der Waals surface area contributed by atoms with Gasteiger partial charge >= 0.3 is 0 Å². The number of carbonyl (C=O) groups is 1. The number of aryl methyl sites for hydroxylation is 1. The number of benzene rings is 2. The topological polar surface area (TPSA) is 85.8 Å². The van der Waals surface area contributed by atoms with E-state index in [0.717, 1.165) is 40.9 Å². The van der Waals surface area contributed by atoms with Crippen LogP contribution in [0.15, 0.2) is 66.1 Å². The number of carbonyl (C=O) groups excluding carboxylic acids is 1. The van der Waals surface area contributed by atoms with Gasteiger partial charge in [0.05, 0.1) is 18.1 Å². The Labute approximate surface area is 211 Å². The van der Waals surface area contributed by atoms with Crippen LogP contribution in [0, 0.1) is 12.7 Å². The third-order valence-electron chi connectivity index (χ3n) is 5.71. The summed E-state index contributed by atoms with van der Waals surface area (Å²) >= 11 is 1.26. The maximum Gasteiger partial charge on any atom is 0.234 e. The van der Waals surface area contributed by atoms with Gasteiger partial charge in [0.1, 0.15) is 17.1 Å². The SMILES string of the molecule is CCCCOc1ccc(-c2cc3c4nnc(SCC(=O)Nc5cc(F)ccc5C)n4ccn3n2)cc1. The van der Waals surface area contributed by atoms with Gasteiger partial charge in [0.2, 0.25) is 5.91 Å². The van der Waals surface area contributed by atoms with Crippen LogP contribution < -0.4 is 10.1 Å². The van der Waals surface area contributed by atoms with E-state index in [2.05, 4.69) is 27.5 Å². The lowest BCUT2D eigenvalue weighted by atomic mass is 10.1. The Hall–Kier alpha value is -3.92. The Morgan fingerprint density at radius 2 is 1.94 bits per heavy atom. The minimum absolute atomic E-state index is 0.110. The van der Waals surface area contributed by atoms with Crippen LogP contribution in [-0.4, -0.2) is 42.5 Å². The zero-order valence-corrected chi connectivity index (χ0v) is 20.8. The zero-order chi connectivity index (χ0) is 25.1. The number of unbranched alkanes of at least 4 members (excludes halogenated alkanes) is 1. The van der Waals surface area contributed by atoms with E-state index in [0.29, 0.717) is 23.1 Å². The molecule has 5 aromatic rings. The molecule has 0 spiro atoms. The summed E-state index contributed by atoms with van der Waals surface area (Å²) in [6, 6.07) is 14.2. The summed E-state index contributed by atoms with van der Waals surface area (Å²) in [5.74, 6) is 0.306. The van der Waals surface area contributed by atoms with E-state index < -0.39 is 5.82 Å². The molecule has 10 heteroatoms. The fraction of sp³-hybridized carbons (Fsp3) is 0.231. The molecular formula is C26H25FN6O2S. The van der Waals surface area contributed by atoms with Crippen LogP contribution in [0.1, 0.15) is 25.3 Å². The Kier molecular flexibility index (Phi) is 6.86. The minimum Gasteiger partial charge on any atom is -0.494 e. The number of hydrogen-bond donors (Lipinski definition) is 1. The van der Waals surface area contributed by atoms with Crippen molar-refractivity contribution in [3.05, 3.63) is 72.3 Å². The van der Waals surface area contributed by atoms with Crippen molar-refractivity contribution < 1.29 is 13.9 Å². The van der Waals surface area contributed by atoms with Crippen molar-refractivity contribution in [3.8, 4) is 17.0 Å². The standard InChI is InChI=1S/C26H25FN6O2S/c1-3-4-13-35-20-9-6-18(7-10-20)22-15-23-25-29-30-26(32(25)11-12-33(23)31-22)36-16-24(34)28-21-14-19(27)8-5-17(21)2/h5-12,14-15H,3-4,13,16H2,1-2H3,(H,28,34). The maximum absolute atomic E-state index is 13.5. The Balaban J connectivity index is 1.31. The summed E-state index contributed by atoms with van der Waals surface area (Å²) in [7, 11) is 0. The average Bonchev–Trinajstić information content (AvgIpc) is 3.50. The second-order valence-corrected chi connectivity index (χ2v) is 9.30. The smallest absolute Gasteiger partial charge is 0.234 e. The maximum atomic E-state index is 13.5. The number of hydrogen-bond acceptors (Lipinski definition) is 6. The van der Waals surface area contributed by atoms with Gasteiger partial charge in [0.25, 0.3) is 0 Å². The molecule has 5 rings (SSSR count). The number of halogens is 1. The van der Waals surface area contributed by atoms with Crippen molar-refractivity contribution in [2.24, 2.45) is 0 Å². The molecule has 1 N–H and O–H groups in total. The molecule has 0 radical (unpaired) electrons. The summed E-state index contributed by atoms with van der Waals surface area (Å²) < 4.78 is 22.8. The van der Waals surface area contributed by atoms with Crippen LogP contribution in [-0.2, 0) is 4.79 Å². The summed E-state index contributed by atoms with van der Waals surface area (Å²) in [4.78, 5) is 12.4. The van der Waals surface area contributed by atoms with E-state index in [1.165, 1.54) is 23.9 Å². The molecule has 36 heavy (non-hydrogen) atoms. The lowest BCUT2D eigenvalue weighted by molar-refractivity contribution is -0.113. The molecule has 0 aliphatic heterocycles. The highest BCUT2D eigenvalue weighted by atomic mass is 32.2. The molecule has 0 saturated carbocycles. The van der Waals surface area contributed by atoms with Crippen molar-refractivity contribution >= 4 is 34.5 Å². The van der Waals surface area contributed by atoms with Crippen LogP contribution in [0.4, 0.5) is 10.1 Å². The summed E-state index contributed by atoms with van der Waals surface area (Å²) in [5, 5.41) is 16.6. The van der Waals surface area contributed by atoms with Gasteiger partial charge in [-0.15, -0.1) is 10.2 Å². The molecule has 0 atom stereocenters. The molecule has 3 heterocycles. The van der Waals surface area contributed by atoms with Gasteiger partial charge in [-0.1, -0.05) is 31.2 Å². The minimum atomic E-state index is -0.396. The summed E-state index contributed by atoms with van der Waals surface area (Å²) in [5.41, 5.74) is 4.47. The number of thioether (sulfide) groups is 1. The van der Waals surface area contributed by atoms with Gasteiger partial charge in [-0.05, 0) is 61.4 Å². The highest BCUT2D eigenvalue weighted by Crippen LogP contribution is 2.26. The van der Waals surface area contributed by atoms with Crippen molar-refractivity contribution in [3.63, 3.8) is 0 Å². The van der Waals surface area contributed by atoms with Crippen molar-refractivity contribution in [1.29, 1.82) is 0 Å². The van der Waals surface area contributed by atoms with Crippen molar-refractivity contribution in [2.45, 2.75) is 31.8 Å². The first-order valence-corrected chi connectivity index (χ1v) is 12.7. The fourth-order valence-corrected chi connectivity index (χ4v) is 4.45. The summed E-state index contributed by atoms with van der Waals surface area (Å²) in [6.45, 7) is 4.66. The average molecular weight is 505 g/mol. The predicted molar refractivity (Wildman–Crippen MR) is 138 cm³/mol. The molecule has 184 valence electrons. The van der Waals surface area contributed by atoms with Gasteiger partial charge in [-0.25, -0.2) is 8.91 Å². The van der Waals surface area contributed by atoms with Gasteiger partial charge in [-0.2, -0.15) is 5.10 Å². The molecule has 1 amide bonds. The molecule has 0 saturated heterocycles. The highest BCUT2D eigenvalue weighted by molar-refractivity contribution is 7.99. The molecule has 2 aromatic carbocycles. The largest absolute Gasteiger partial charge is 0.494 e. The van der Waals surface area contributed by atoms with Gasteiger partial charge in [0, 0.05) is 23.6 Å². The molecule has 0 unspecified atom stereocenters. The Morgan fingerprint density at radius 3 is 2.75 bits per heavy atom. The molecule has 0 bridgehead atoms. The molecule has 0 aliphatic rings. The van der Waals surface area contributed by atoms with E-state index in [1.807, 2.05) is 54.0 Å².